The van der Waals surface area contributed by atoms with E-state index >= 15 is 0 Å². The highest BCUT2D eigenvalue weighted by atomic mass is 32.2. The quantitative estimate of drug-likeness (QED) is 0.605. The molecule has 0 saturated carbocycles. The van der Waals surface area contributed by atoms with Gasteiger partial charge in [-0.25, -0.2) is 21.6 Å². The summed E-state index contributed by atoms with van der Waals surface area (Å²) in [5, 5.41) is 0. The first-order valence-electron chi connectivity index (χ1n) is 3.30. The molecule has 0 aromatic heterocycles. The summed E-state index contributed by atoms with van der Waals surface area (Å²) in [6, 6.07) is 0. The zero-order valence-corrected chi connectivity index (χ0v) is 7.17. The van der Waals surface area contributed by atoms with Gasteiger partial charge in [0.1, 0.15) is 0 Å². The molecule has 3 atom stereocenters. The highest BCUT2D eigenvalue weighted by Crippen LogP contribution is 2.50. The number of hydrogen-bond acceptors (Lipinski definition) is 2. The van der Waals surface area contributed by atoms with Crippen LogP contribution < -0.4 is 0 Å². The summed E-state index contributed by atoms with van der Waals surface area (Å²) < 4.78 is 94.4. The molecule has 3 unspecified atom stereocenters. The first-order chi connectivity index (χ1) is 6.03. The molecule has 1 heterocycles. The SMILES string of the molecule is O=S1(=O)C(F)CC(F)(C(F)(F)F)C1F. The van der Waals surface area contributed by atoms with E-state index in [9.17, 15) is 34.8 Å². The Bertz CT molecular complexity index is 335. The summed E-state index contributed by atoms with van der Waals surface area (Å²) in [6.07, 6.45) is -7.78. The van der Waals surface area contributed by atoms with Gasteiger partial charge in [0.25, 0.3) is 5.67 Å². The maximum absolute atomic E-state index is 12.8. The molecule has 1 saturated heterocycles. The van der Waals surface area contributed by atoms with E-state index in [2.05, 4.69) is 0 Å². The average Bonchev–Trinajstić information content (AvgIpc) is 2.12. The van der Waals surface area contributed by atoms with Crippen molar-refractivity contribution in [2.45, 2.75) is 29.3 Å². The zero-order chi connectivity index (χ0) is 11.4. The van der Waals surface area contributed by atoms with Gasteiger partial charge in [0, 0.05) is 6.42 Å². The van der Waals surface area contributed by atoms with Crippen LogP contribution in [0.2, 0.25) is 0 Å². The van der Waals surface area contributed by atoms with Gasteiger partial charge in [0.05, 0.1) is 0 Å². The molecule has 0 radical (unpaired) electrons. The van der Waals surface area contributed by atoms with Crippen molar-refractivity contribution in [2.75, 3.05) is 0 Å². The third kappa shape index (κ3) is 1.29. The van der Waals surface area contributed by atoms with Gasteiger partial charge in [-0.15, -0.1) is 0 Å². The molecule has 0 aliphatic carbocycles. The predicted octanol–water partition coefficient (Wildman–Crippen LogP) is 1.67. The van der Waals surface area contributed by atoms with Crippen molar-refractivity contribution in [3.05, 3.63) is 0 Å². The van der Waals surface area contributed by atoms with Crippen LogP contribution in [-0.2, 0) is 9.84 Å². The number of hydrogen-bond donors (Lipinski definition) is 0. The lowest BCUT2D eigenvalue weighted by atomic mass is 10.0. The predicted molar refractivity (Wildman–Crippen MR) is 33.2 cm³/mol. The molecule has 0 amide bonds. The van der Waals surface area contributed by atoms with E-state index in [4.69, 9.17) is 0 Å². The van der Waals surface area contributed by atoms with E-state index in [1.807, 2.05) is 0 Å². The van der Waals surface area contributed by atoms with E-state index in [1.54, 1.807) is 0 Å². The van der Waals surface area contributed by atoms with Crippen LogP contribution in [0.5, 0.6) is 0 Å². The molecule has 9 heteroatoms. The van der Waals surface area contributed by atoms with E-state index in [0.717, 1.165) is 0 Å². The first-order valence-corrected chi connectivity index (χ1v) is 4.91. The molecule has 0 spiro atoms. The van der Waals surface area contributed by atoms with Crippen LogP contribution in [-0.4, -0.2) is 31.3 Å². The molecule has 0 N–H and O–H groups in total. The fourth-order valence-electron chi connectivity index (χ4n) is 1.08. The Labute approximate surface area is 74.8 Å². The Kier molecular flexibility index (Phi) is 2.29. The van der Waals surface area contributed by atoms with E-state index in [0.29, 0.717) is 0 Å². The molecular weight excluding hydrogens is 238 g/mol. The monoisotopic (exact) mass is 242 g/mol. The summed E-state index contributed by atoms with van der Waals surface area (Å²) in [5.41, 5.74) is -11.7. The molecule has 1 aliphatic rings. The van der Waals surface area contributed by atoms with Crippen molar-refractivity contribution in [3.63, 3.8) is 0 Å². The van der Waals surface area contributed by atoms with Crippen molar-refractivity contribution < 1.29 is 34.8 Å². The fraction of sp³-hybridized carbons (Fsp3) is 1.00. The van der Waals surface area contributed by atoms with Gasteiger partial charge in [-0.3, -0.25) is 0 Å². The van der Waals surface area contributed by atoms with Crippen molar-refractivity contribution >= 4 is 9.84 Å². The molecular formula is C5H4F6O2S. The van der Waals surface area contributed by atoms with Crippen LogP contribution in [0.15, 0.2) is 0 Å². The third-order valence-corrected chi connectivity index (χ3v) is 3.76. The van der Waals surface area contributed by atoms with Crippen molar-refractivity contribution in [1.82, 2.24) is 0 Å². The lowest BCUT2D eigenvalue weighted by molar-refractivity contribution is -0.240. The van der Waals surface area contributed by atoms with Crippen LogP contribution in [0.4, 0.5) is 26.3 Å². The normalized spacial score (nSPS) is 42.7. The zero-order valence-electron chi connectivity index (χ0n) is 6.35. The number of alkyl halides is 6. The number of halogens is 6. The Morgan fingerprint density at radius 3 is 1.79 bits per heavy atom. The van der Waals surface area contributed by atoms with Crippen LogP contribution in [0.3, 0.4) is 0 Å². The van der Waals surface area contributed by atoms with Gasteiger partial charge in [0.2, 0.25) is 20.8 Å². The minimum Gasteiger partial charge on any atom is -0.230 e. The highest BCUT2D eigenvalue weighted by molar-refractivity contribution is 7.92. The van der Waals surface area contributed by atoms with Gasteiger partial charge in [0.15, 0.2) is 0 Å². The van der Waals surface area contributed by atoms with E-state index in [1.165, 1.54) is 0 Å². The maximum atomic E-state index is 12.8. The molecule has 14 heavy (non-hydrogen) atoms. The smallest absolute Gasteiger partial charge is 0.230 e. The summed E-state index contributed by atoms with van der Waals surface area (Å²) in [7, 11) is -5.32. The molecule has 0 aromatic rings. The molecule has 0 aromatic carbocycles. The topological polar surface area (TPSA) is 34.1 Å². The second-order valence-corrected chi connectivity index (χ2v) is 4.98. The van der Waals surface area contributed by atoms with Crippen LogP contribution in [0.25, 0.3) is 0 Å². The third-order valence-electron chi connectivity index (χ3n) is 1.93. The van der Waals surface area contributed by atoms with Crippen molar-refractivity contribution in [3.8, 4) is 0 Å². The van der Waals surface area contributed by atoms with Gasteiger partial charge in [-0.1, -0.05) is 0 Å². The lowest BCUT2D eigenvalue weighted by Crippen LogP contribution is -2.46. The molecule has 1 aliphatic heterocycles. The molecule has 1 rings (SSSR count). The lowest BCUT2D eigenvalue weighted by Gasteiger charge is -2.22. The first kappa shape index (κ1) is 11.6. The maximum Gasteiger partial charge on any atom is 0.426 e. The number of sulfone groups is 1. The Hall–Kier alpha value is -0.470. The Morgan fingerprint density at radius 2 is 1.64 bits per heavy atom. The molecule has 0 bridgehead atoms. The Balaban J connectivity index is 3.21. The minimum atomic E-state index is -5.74. The van der Waals surface area contributed by atoms with Gasteiger partial charge in [-0.2, -0.15) is 13.2 Å². The second-order valence-electron chi connectivity index (χ2n) is 2.88. The van der Waals surface area contributed by atoms with Crippen LogP contribution >= 0.6 is 0 Å². The van der Waals surface area contributed by atoms with Crippen molar-refractivity contribution in [2.24, 2.45) is 0 Å². The minimum absolute atomic E-state index is 2.04. The van der Waals surface area contributed by atoms with E-state index < -0.39 is 39.1 Å². The summed E-state index contributed by atoms with van der Waals surface area (Å²) in [6.45, 7) is 0. The van der Waals surface area contributed by atoms with E-state index in [-0.39, 0.29) is 0 Å². The van der Waals surface area contributed by atoms with Gasteiger partial charge in [-0.05, 0) is 0 Å². The van der Waals surface area contributed by atoms with Crippen LogP contribution in [0.1, 0.15) is 6.42 Å². The van der Waals surface area contributed by atoms with Crippen molar-refractivity contribution in [1.29, 1.82) is 0 Å². The van der Waals surface area contributed by atoms with Gasteiger partial charge >= 0.3 is 6.18 Å². The average molecular weight is 242 g/mol. The Morgan fingerprint density at radius 1 is 1.21 bits per heavy atom. The fourth-order valence-corrected chi connectivity index (χ4v) is 2.56. The molecule has 1 fully saturated rings. The summed E-state index contributed by atoms with van der Waals surface area (Å²) >= 11 is 0. The van der Waals surface area contributed by atoms with Crippen LogP contribution in [0, 0.1) is 0 Å². The number of rotatable bonds is 0. The van der Waals surface area contributed by atoms with Gasteiger partial charge < -0.3 is 0 Å². The second kappa shape index (κ2) is 2.77. The highest BCUT2D eigenvalue weighted by Gasteiger charge is 2.72. The standard InChI is InChI=1S/C5H4F6O2S/c6-2-1-4(8,5(9,10)11)3(7)14(2,12)13/h2-3H,1H2. The largest absolute Gasteiger partial charge is 0.426 e. The molecule has 84 valence electrons. The summed E-state index contributed by atoms with van der Waals surface area (Å²) in [5.74, 6) is 0. The molecule has 2 nitrogen and oxygen atoms in total. The summed E-state index contributed by atoms with van der Waals surface area (Å²) in [4.78, 5) is 0.